The number of carboxylic acids is 1. The van der Waals surface area contributed by atoms with Gasteiger partial charge in [-0.2, -0.15) is 0 Å². The molecule has 2 amide bonds. The predicted octanol–water partition coefficient (Wildman–Crippen LogP) is 5.28. The Morgan fingerprint density at radius 2 is 1.46 bits per heavy atom. The molecule has 0 saturated heterocycles. The van der Waals surface area contributed by atoms with E-state index in [1.54, 1.807) is 12.1 Å². The molecule has 3 aromatic rings. The van der Waals surface area contributed by atoms with E-state index in [2.05, 4.69) is 34.9 Å². The van der Waals surface area contributed by atoms with Crippen molar-refractivity contribution in [2.24, 2.45) is 5.92 Å². The molecule has 3 aromatic carbocycles. The van der Waals surface area contributed by atoms with Crippen molar-refractivity contribution < 1.29 is 24.2 Å². The molecule has 7 nitrogen and oxygen atoms in total. The second-order valence-corrected chi connectivity index (χ2v) is 9.02. The average molecular weight is 473 g/mol. The zero-order valence-corrected chi connectivity index (χ0v) is 19.7. The predicted molar refractivity (Wildman–Crippen MR) is 133 cm³/mol. The molecular formula is C28H28N2O5. The van der Waals surface area contributed by atoms with Crippen LogP contribution in [-0.4, -0.2) is 35.7 Å². The number of ether oxygens (including phenoxy) is 1. The van der Waals surface area contributed by atoms with Crippen molar-refractivity contribution in [2.75, 3.05) is 11.9 Å². The molecule has 0 fully saturated rings. The molecule has 180 valence electrons. The molecule has 0 saturated carbocycles. The van der Waals surface area contributed by atoms with Gasteiger partial charge in [-0.05, 0) is 58.9 Å². The molecule has 0 aromatic heterocycles. The summed E-state index contributed by atoms with van der Waals surface area (Å²) in [6, 6.07) is 21.5. The third-order valence-electron chi connectivity index (χ3n) is 6.05. The van der Waals surface area contributed by atoms with Gasteiger partial charge in [0.05, 0.1) is 0 Å². The number of hydrogen-bond acceptors (Lipinski definition) is 4. The van der Waals surface area contributed by atoms with Crippen molar-refractivity contribution in [3.05, 3.63) is 89.5 Å². The van der Waals surface area contributed by atoms with Gasteiger partial charge < -0.3 is 15.2 Å². The van der Waals surface area contributed by atoms with E-state index < -0.39 is 24.0 Å². The van der Waals surface area contributed by atoms with E-state index in [0.717, 1.165) is 22.3 Å². The first-order valence-corrected chi connectivity index (χ1v) is 11.6. The van der Waals surface area contributed by atoms with Gasteiger partial charge in [0.2, 0.25) is 0 Å². The molecule has 7 heteroatoms. The Balaban J connectivity index is 1.35. The monoisotopic (exact) mass is 472 g/mol. The summed E-state index contributed by atoms with van der Waals surface area (Å²) in [6.45, 7) is 3.99. The van der Waals surface area contributed by atoms with Gasteiger partial charge in [-0.15, -0.1) is 0 Å². The Morgan fingerprint density at radius 3 is 2.00 bits per heavy atom. The van der Waals surface area contributed by atoms with E-state index in [0.29, 0.717) is 17.7 Å². The summed E-state index contributed by atoms with van der Waals surface area (Å²) in [5, 5.41) is 14.5. The number of carboxylic acid groups (broad SMARTS) is 1. The Labute approximate surface area is 204 Å². The fraction of sp³-hybridized carbons (Fsp3) is 0.250. The minimum absolute atomic E-state index is 0.0350. The van der Waals surface area contributed by atoms with Gasteiger partial charge >= 0.3 is 12.1 Å². The Bertz CT molecular complexity index is 1190. The molecular weight excluding hydrogens is 444 g/mol. The molecule has 1 aliphatic carbocycles. The molecule has 35 heavy (non-hydrogen) atoms. The molecule has 1 aliphatic rings. The number of hydrogen-bond donors (Lipinski definition) is 3. The van der Waals surface area contributed by atoms with Gasteiger partial charge in [0.25, 0.3) is 5.91 Å². The van der Waals surface area contributed by atoms with Crippen LogP contribution in [0.4, 0.5) is 10.5 Å². The minimum atomic E-state index is -1.07. The third-order valence-corrected chi connectivity index (χ3v) is 6.05. The van der Waals surface area contributed by atoms with Crippen molar-refractivity contribution in [1.29, 1.82) is 0 Å². The maximum absolute atomic E-state index is 12.5. The van der Waals surface area contributed by atoms with Gasteiger partial charge in [0.1, 0.15) is 12.6 Å². The summed E-state index contributed by atoms with van der Waals surface area (Å²) in [4.78, 5) is 36.3. The molecule has 4 rings (SSSR count). The topological polar surface area (TPSA) is 105 Å². The van der Waals surface area contributed by atoms with Gasteiger partial charge in [0.15, 0.2) is 0 Å². The van der Waals surface area contributed by atoms with E-state index in [9.17, 15) is 19.5 Å². The lowest BCUT2D eigenvalue weighted by atomic mass is 9.98. The fourth-order valence-corrected chi connectivity index (χ4v) is 4.39. The quantitative estimate of drug-likeness (QED) is 0.414. The summed E-state index contributed by atoms with van der Waals surface area (Å²) < 4.78 is 5.54. The normalized spacial score (nSPS) is 13.0. The van der Waals surface area contributed by atoms with E-state index in [1.807, 2.05) is 38.1 Å². The van der Waals surface area contributed by atoms with E-state index in [1.165, 1.54) is 12.1 Å². The van der Waals surface area contributed by atoms with Crippen LogP contribution >= 0.6 is 0 Å². The van der Waals surface area contributed by atoms with Crippen LogP contribution in [0, 0.1) is 5.92 Å². The van der Waals surface area contributed by atoms with Crippen molar-refractivity contribution in [3.8, 4) is 11.1 Å². The van der Waals surface area contributed by atoms with Gasteiger partial charge in [0, 0.05) is 17.2 Å². The Hall–Kier alpha value is -4.13. The molecule has 0 heterocycles. The van der Waals surface area contributed by atoms with Crippen LogP contribution in [0.1, 0.15) is 47.7 Å². The van der Waals surface area contributed by atoms with Crippen LogP contribution in [0.25, 0.3) is 11.1 Å². The summed E-state index contributed by atoms with van der Waals surface area (Å²) in [7, 11) is 0. The van der Waals surface area contributed by atoms with Crippen LogP contribution in [0.15, 0.2) is 72.8 Å². The SMILES string of the molecule is CC(C)C[C@@H](NC(=O)c1ccc(NC(=O)OCC2c3ccccc3-c3ccccc32)cc1)C(=O)O. The zero-order chi connectivity index (χ0) is 24.9. The lowest BCUT2D eigenvalue weighted by Gasteiger charge is -2.16. The highest BCUT2D eigenvalue weighted by molar-refractivity contribution is 5.97. The highest BCUT2D eigenvalue weighted by Crippen LogP contribution is 2.44. The number of benzene rings is 3. The number of anilines is 1. The standard InChI is InChI=1S/C28H28N2O5/c1-17(2)15-25(27(32)33)30-26(31)18-11-13-19(14-12-18)29-28(34)35-16-24-22-9-5-3-7-20(22)21-8-4-6-10-23(21)24/h3-14,17,24-25H,15-16H2,1-2H3,(H,29,34)(H,30,31)(H,32,33)/t25-/m1/s1. The number of amides is 2. The Kier molecular flexibility index (Phi) is 7.15. The maximum atomic E-state index is 12.5. The molecule has 3 N–H and O–H groups in total. The van der Waals surface area contributed by atoms with Crippen LogP contribution < -0.4 is 10.6 Å². The molecule has 0 aliphatic heterocycles. The van der Waals surface area contributed by atoms with Crippen LogP contribution in [-0.2, 0) is 9.53 Å². The second kappa shape index (κ2) is 10.4. The minimum Gasteiger partial charge on any atom is -0.480 e. The van der Waals surface area contributed by atoms with Crippen LogP contribution in [0.3, 0.4) is 0 Å². The molecule has 0 spiro atoms. The molecule has 0 bridgehead atoms. The van der Waals surface area contributed by atoms with E-state index >= 15 is 0 Å². The van der Waals surface area contributed by atoms with E-state index in [-0.39, 0.29) is 18.4 Å². The van der Waals surface area contributed by atoms with Crippen LogP contribution in [0.2, 0.25) is 0 Å². The maximum Gasteiger partial charge on any atom is 0.411 e. The van der Waals surface area contributed by atoms with Crippen molar-refractivity contribution in [3.63, 3.8) is 0 Å². The first-order valence-electron chi connectivity index (χ1n) is 11.6. The zero-order valence-electron chi connectivity index (χ0n) is 19.7. The summed E-state index contributed by atoms with van der Waals surface area (Å²) in [6.07, 6.45) is -0.255. The molecule has 0 unspecified atom stereocenters. The van der Waals surface area contributed by atoms with Crippen LogP contribution in [0.5, 0.6) is 0 Å². The van der Waals surface area contributed by atoms with Gasteiger partial charge in [-0.1, -0.05) is 62.4 Å². The smallest absolute Gasteiger partial charge is 0.411 e. The lowest BCUT2D eigenvalue weighted by molar-refractivity contribution is -0.139. The summed E-state index contributed by atoms with van der Waals surface area (Å²) >= 11 is 0. The number of carbonyl (C=O) groups excluding carboxylic acids is 2. The Morgan fingerprint density at radius 1 is 0.886 bits per heavy atom. The number of aliphatic carboxylic acids is 1. The van der Waals surface area contributed by atoms with Crippen molar-refractivity contribution >= 4 is 23.7 Å². The first kappa shape index (κ1) is 24.0. The number of fused-ring (bicyclic) bond motifs is 3. The molecule has 0 radical (unpaired) electrons. The molecule has 1 atom stereocenters. The van der Waals surface area contributed by atoms with Crippen molar-refractivity contribution in [1.82, 2.24) is 5.32 Å². The first-order chi connectivity index (χ1) is 16.8. The highest BCUT2D eigenvalue weighted by Gasteiger charge is 2.29. The third kappa shape index (κ3) is 5.51. The largest absolute Gasteiger partial charge is 0.480 e. The van der Waals surface area contributed by atoms with E-state index in [4.69, 9.17) is 4.74 Å². The summed E-state index contributed by atoms with van der Waals surface area (Å²) in [5.74, 6) is -1.46. The number of nitrogens with one attached hydrogen (secondary N) is 2. The number of carbonyl (C=O) groups is 3. The van der Waals surface area contributed by atoms with Gasteiger partial charge in [-0.25, -0.2) is 9.59 Å². The highest BCUT2D eigenvalue weighted by atomic mass is 16.5. The second-order valence-electron chi connectivity index (χ2n) is 9.02. The van der Waals surface area contributed by atoms with Crippen molar-refractivity contribution in [2.45, 2.75) is 32.2 Å². The lowest BCUT2D eigenvalue weighted by Crippen LogP contribution is -2.41. The number of rotatable bonds is 8. The summed E-state index contributed by atoms with van der Waals surface area (Å²) in [5.41, 5.74) is 5.35. The fourth-order valence-electron chi connectivity index (χ4n) is 4.39. The average Bonchev–Trinajstić information content (AvgIpc) is 3.16. The van der Waals surface area contributed by atoms with Gasteiger partial charge in [-0.3, -0.25) is 10.1 Å².